The number of rotatable bonds is 8. The molecule has 0 radical (unpaired) electrons. The van der Waals surface area contributed by atoms with Gasteiger partial charge in [0.15, 0.2) is 0 Å². The molecule has 0 aliphatic carbocycles. The molecule has 0 saturated heterocycles. The van der Waals surface area contributed by atoms with E-state index < -0.39 is 10.0 Å². The van der Waals surface area contributed by atoms with Crippen LogP contribution in [0.5, 0.6) is 0 Å². The zero-order valence-electron chi connectivity index (χ0n) is 16.3. The molecular weight excluding hydrogens is 368 g/mol. The lowest BCUT2D eigenvalue weighted by atomic mass is 10.1. The van der Waals surface area contributed by atoms with Crippen molar-refractivity contribution in [2.24, 2.45) is 0 Å². The Morgan fingerprint density at radius 1 is 0.857 bits per heavy atom. The molecule has 3 aromatic carbocycles. The van der Waals surface area contributed by atoms with E-state index in [1.807, 2.05) is 54.6 Å². The maximum absolute atomic E-state index is 12.6. The highest BCUT2D eigenvalue weighted by Gasteiger charge is 2.14. The number of hydrogen-bond donors (Lipinski definition) is 1. The average Bonchev–Trinajstić information content (AvgIpc) is 2.72. The molecular formula is C23H26N2O2S. The van der Waals surface area contributed by atoms with Crippen LogP contribution in [0, 0.1) is 6.92 Å². The van der Waals surface area contributed by atoms with Crippen LogP contribution in [0.3, 0.4) is 0 Å². The summed E-state index contributed by atoms with van der Waals surface area (Å²) in [6, 6.07) is 25.1. The maximum Gasteiger partial charge on any atom is 0.240 e. The van der Waals surface area contributed by atoms with E-state index in [1.165, 1.54) is 5.56 Å². The van der Waals surface area contributed by atoms with Gasteiger partial charge in [0, 0.05) is 25.3 Å². The fourth-order valence-corrected chi connectivity index (χ4v) is 4.17. The molecule has 28 heavy (non-hydrogen) atoms. The lowest BCUT2D eigenvalue weighted by Gasteiger charge is -2.23. The summed E-state index contributed by atoms with van der Waals surface area (Å²) in [5, 5.41) is 0. The van der Waals surface area contributed by atoms with Crippen LogP contribution in [0.25, 0.3) is 11.1 Å². The molecule has 146 valence electrons. The van der Waals surface area contributed by atoms with Crippen molar-refractivity contribution in [3.8, 4) is 11.1 Å². The summed E-state index contributed by atoms with van der Waals surface area (Å²) in [4.78, 5) is 2.44. The molecule has 0 saturated carbocycles. The van der Waals surface area contributed by atoms with E-state index >= 15 is 0 Å². The van der Waals surface area contributed by atoms with Crippen molar-refractivity contribution in [2.75, 3.05) is 24.5 Å². The summed E-state index contributed by atoms with van der Waals surface area (Å²) in [6.45, 7) is 5.90. The Labute approximate surface area is 167 Å². The first kappa shape index (κ1) is 20.1. The molecule has 0 spiro atoms. The Bertz CT molecular complexity index is 1000. The highest BCUT2D eigenvalue weighted by atomic mass is 32.2. The number of benzene rings is 3. The molecule has 5 heteroatoms. The van der Waals surface area contributed by atoms with Gasteiger partial charge in [-0.2, -0.15) is 0 Å². The summed E-state index contributed by atoms with van der Waals surface area (Å²) in [5.41, 5.74) is 4.36. The summed E-state index contributed by atoms with van der Waals surface area (Å²) in [6.07, 6.45) is 0. The summed E-state index contributed by atoms with van der Waals surface area (Å²) in [7, 11) is -3.53. The number of likely N-dealkylation sites (N-methyl/N-ethyl adjacent to an activating group) is 1. The van der Waals surface area contributed by atoms with Gasteiger partial charge in [-0.05, 0) is 54.8 Å². The van der Waals surface area contributed by atoms with Crippen molar-refractivity contribution in [3.05, 3.63) is 84.4 Å². The number of nitrogens with one attached hydrogen (secondary N) is 1. The molecule has 0 heterocycles. The topological polar surface area (TPSA) is 49.4 Å². The van der Waals surface area contributed by atoms with E-state index in [4.69, 9.17) is 0 Å². The van der Waals surface area contributed by atoms with E-state index in [-0.39, 0.29) is 4.90 Å². The molecule has 0 atom stereocenters. The molecule has 0 aliphatic rings. The third kappa shape index (κ3) is 5.00. The normalized spacial score (nSPS) is 11.4. The number of sulfonamides is 1. The molecule has 3 rings (SSSR count). The largest absolute Gasteiger partial charge is 0.370 e. The van der Waals surface area contributed by atoms with Crippen molar-refractivity contribution >= 4 is 15.7 Å². The highest BCUT2D eigenvalue weighted by molar-refractivity contribution is 7.89. The van der Waals surface area contributed by atoms with E-state index in [1.54, 1.807) is 12.1 Å². The van der Waals surface area contributed by atoms with Crippen molar-refractivity contribution in [1.82, 2.24) is 4.72 Å². The average molecular weight is 395 g/mol. The minimum atomic E-state index is -3.53. The van der Waals surface area contributed by atoms with Crippen LogP contribution in [0.1, 0.15) is 12.5 Å². The molecule has 3 aromatic rings. The van der Waals surface area contributed by atoms with E-state index in [9.17, 15) is 8.42 Å². The minimum Gasteiger partial charge on any atom is -0.370 e. The SMILES string of the molecule is CCN(CCNS(=O)(=O)c1ccc(-c2ccccc2)cc1)c1cccc(C)c1. The van der Waals surface area contributed by atoms with Crippen LogP contribution < -0.4 is 9.62 Å². The minimum absolute atomic E-state index is 0.283. The standard InChI is InChI=1S/C23H26N2O2S/c1-3-25(22-11-7-8-19(2)18-22)17-16-24-28(26,27)23-14-12-21(13-15-23)20-9-5-4-6-10-20/h4-15,18,24H,3,16-17H2,1-2H3. The van der Waals surface area contributed by atoms with Gasteiger partial charge in [0.2, 0.25) is 10.0 Å². The molecule has 0 fully saturated rings. The number of aryl methyl sites for hydroxylation is 1. The van der Waals surface area contributed by atoms with E-state index in [0.29, 0.717) is 13.1 Å². The fraction of sp³-hybridized carbons (Fsp3) is 0.217. The Morgan fingerprint density at radius 3 is 2.18 bits per heavy atom. The van der Waals surface area contributed by atoms with Gasteiger partial charge in [-0.15, -0.1) is 0 Å². The fourth-order valence-electron chi connectivity index (χ4n) is 3.15. The molecule has 0 amide bonds. The van der Waals surface area contributed by atoms with E-state index in [0.717, 1.165) is 23.4 Å². The highest BCUT2D eigenvalue weighted by Crippen LogP contribution is 2.21. The van der Waals surface area contributed by atoms with Gasteiger partial charge in [0.25, 0.3) is 0 Å². The Balaban J connectivity index is 1.63. The second-order valence-corrected chi connectivity index (χ2v) is 8.47. The monoisotopic (exact) mass is 394 g/mol. The molecule has 4 nitrogen and oxygen atoms in total. The number of nitrogens with zero attached hydrogens (tertiary/aromatic N) is 1. The van der Waals surface area contributed by atoms with Crippen molar-refractivity contribution in [2.45, 2.75) is 18.7 Å². The molecule has 0 bridgehead atoms. The maximum atomic E-state index is 12.6. The third-order valence-corrected chi connectivity index (χ3v) is 6.17. The van der Waals surface area contributed by atoms with Crippen molar-refractivity contribution < 1.29 is 8.42 Å². The first-order valence-corrected chi connectivity index (χ1v) is 10.9. The van der Waals surface area contributed by atoms with Crippen LogP contribution in [0.2, 0.25) is 0 Å². The summed E-state index contributed by atoms with van der Waals surface area (Å²) < 4.78 is 27.9. The van der Waals surface area contributed by atoms with E-state index in [2.05, 4.69) is 35.6 Å². The van der Waals surface area contributed by atoms with Crippen LogP contribution >= 0.6 is 0 Å². The Kier molecular flexibility index (Phi) is 6.49. The molecule has 0 unspecified atom stereocenters. The second-order valence-electron chi connectivity index (χ2n) is 6.71. The third-order valence-electron chi connectivity index (χ3n) is 4.69. The molecule has 1 N–H and O–H groups in total. The van der Waals surface area contributed by atoms with Gasteiger partial charge in [-0.1, -0.05) is 54.6 Å². The van der Waals surface area contributed by atoms with Gasteiger partial charge in [0.1, 0.15) is 0 Å². The lowest BCUT2D eigenvalue weighted by molar-refractivity contribution is 0.581. The predicted octanol–water partition coefficient (Wildman–Crippen LogP) is 4.47. The van der Waals surface area contributed by atoms with Gasteiger partial charge < -0.3 is 4.90 Å². The smallest absolute Gasteiger partial charge is 0.240 e. The zero-order valence-corrected chi connectivity index (χ0v) is 17.1. The molecule has 0 aliphatic heterocycles. The quantitative estimate of drug-likeness (QED) is 0.613. The Morgan fingerprint density at radius 2 is 1.54 bits per heavy atom. The van der Waals surface area contributed by atoms with Gasteiger partial charge in [0.05, 0.1) is 4.90 Å². The Hall–Kier alpha value is -2.63. The number of hydrogen-bond acceptors (Lipinski definition) is 3. The van der Waals surface area contributed by atoms with Gasteiger partial charge >= 0.3 is 0 Å². The predicted molar refractivity (Wildman–Crippen MR) is 116 cm³/mol. The first-order chi connectivity index (χ1) is 13.5. The number of anilines is 1. The van der Waals surface area contributed by atoms with Gasteiger partial charge in [-0.3, -0.25) is 0 Å². The van der Waals surface area contributed by atoms with Crippen LogP contribution in [0.15, 0.2) is 83.8 Å². The lowest BCUT2D eigenvalue weighted by Crippen LogP contribution is -2.35. The summed E-state index contributed by atoms with van der Waals surface area (Å²) in [5.74, 6) is 0. The van der Waals surface area contributed by atoms with Crippen molar-refractivity contribution in [3.63, 3.8) is 0 Å². The van der Waals surface area contributed by atoms with Crippen LogP contribution in [-0.2, 0) is 10.0 Å². The van der Waals surface area contributed by atoms with Crippen molar-refractivity contribution in [1.29, 1.82) is 0 Å². The van der Waals surface area contributed by atoms with Crippen LogP contribution in [-0.4, -0.2) is 28.1 Å². The zero-order chi connectivity index (χ0) is 20.0. The first-order valence-electron chi connectivity index (χ1n) is 9.46. The summed E-state index contributed by atoms with van der Waals surface area (Å²) >= 11 is 0. The van der Waals surface area contributed by atoms with Crippen LogP contribution in [0.4, 0.5) is 5.69 Å². The molecule has 0 aromatic heterocycles. The van der Waals surface area contributed by atoms with Gasteiger partial charge in [-0.25, -0.2) is 13.1 Å². The second kappa shape index (κ2) is 9.04.